The Morgan fingerprint density at radius 2 is 1.93 bits per heavy atom. The minimum absolute atomic E-state index is 0.0295. The van der Waals surface area contributed by atoms with Crippen LogP contribution in [0.2, 0.25) is 5.02 Å². The van der Waals surface area contributed by atoms with Crippen LogP contribution in [0.1, 0.15) is 35.7 Å². The van der Waals surface area contributed by atoms with Crippen LogP contribution >= 0.6 is 11.6 Å². The van der Waals surface area contributed by atoms with Gasteiger partial charge in [0.15, 0.2) is 0 Å². The quantitative estimate of drug-likeness (QED) is 0.819. The maximum absolute atomic E-state index is 12.7. The minimum Gasteiger partial charge on any atom is -0.384 e. The first-order valence-electron chi connectivity index (χ1n) is 8.99. The number of aromatic nitrogens is 1. The van der Waals surface area contributed by atoms with E-state index >= 15 is 0 Å². The molecule has 2 aromatic rings. The van der Waals surface area contributed by atoms with Crippen molar-refractivity contribution in [1.29, 1.82) is 0 Å². The predicted molar refractivity (Wildman–Crippen MR) is 105 cm³/mol. The molecule has 3 heterocycles. The van der Waals surface area contributed by atoms with Crippen molar-refractivity contribution in [3.05, 3.63) is 52.7 Å². The molecule has 2 aliphatic rings. The molecule has 7 heteroatoms. The van der Waals surface area contributed by atoms with Crippen LogP contribution in [0.25, 0.3) is 0 Å². The number of nitrogen functional groups attached to an aromatic ring is 1. The van der Waals surface area contributed by atoms with Gasteiger partial charge < -0.3 is 15.5 Å². The molecule has 0 saturated carbocycles. The summed E-state index contributed by atoms with van der Waals surface area (Å²) in [7, 11) is 0. The Morgan fingerprint density at radius 1 is 1.19 bits per heavy atom. The number of rotatable bonds is 1. The zero-order valence-electron chi connectivity index (χ0n) is 15.1. The molecule has 27 heavy (non-hydrogen) atoms. The molecule has 0 aliphatic carbocycles. The first-order chi connectivity index (χ1) is 12.9. The molecule has 0 unspecified atom stereocenters. The van der Waals surface area contributed by atoms with Gasteiger partial charge in [0.1, 0.15) is 5.82 Å². The van der Waals surface area contributed by atoms with Crippen molar-refractivity contribution in [1.82, 2.24) is 9.88 Å². The molecule has 1 fully saturated rings. The normalized spacial score (nSPS) is 17.9. The molecule has 140 valence electrons. The molecule has 1 spiro atoms. The summed E-state index contributed by atoms with van der Waals surface area (Å²) in [6.07, 6.45) is 3.10. The van der Waals surface area contributed by atoms with Crippen LogP contribution in [-0.2, 0) is 10.2 Å². The lowest BCUT2D eigenvalue weighted by atomic mass is 9.74. The van der Waals surface area contributed by atoms with Crippen molar-refractivity contribution in [2.24, 2.45) is 0 Å². The van der Waals surface area contributed by atoms with Gasteiger partial charge in [-0.25, -0.2) is 4.98 Å². The fourth-order valence-electron chi connectivity index (χ4n) is 4.20. The first kappa shape index (κ1) is 17.8. The van der Waals surface area contributed by atoms with Crippen molar-refractivity contribution in [3.8, 4) is 0 Å². The second-order valence-electron chi connectivity index (χ2n) is 7.31. The van der Waals surface area contributed by atoms with Gasteiger partial charge in [0.25, 0.3) is 5.91 Å². The predicted octanol–water partition coefficient (Wildman–Crippen LogP) is 2.86. The lowest BCUT2D eigenvalue weighted by Gasteiger charge is -2.39. The van der Waals surface area contributed by atoms with Gasteiger partial charge in [-0.1, -0.05) is 11.6 Å². The summed E-state index contributed by atoms with van der Waals surface area (Å²) in [5.41, 5.74) is 8.05. The maximum atomic E-state index is 12.7. The Hall–Kier alpha value is -2.60. The second-order valence-corrected chi connectivity index (χ2v) is 7.75. The number of benzene rings is 1. The number of nitrogens with two attached hydrogens (primary N) is 1. The highest BCUT2D eigenvalue weighted by Crippen LogP contribution is 2.48. The zero-order chi connectivity index (χ0) is 19.2. The molecule has 1 aromatic heterocycles. The monoisotopic (exact) mass is 384 g/mol. The van der Waals surface area contributed by atoms with E-state index in [1.165, 1.54) is 6.20 Å². The van der Waals surface area contributed by atoms with Gasteiger partial charge in [-0.05, 0) is 48.7 Å². The molecule has 0 radical (unpaired) electrons. The van der Waals surface area contributed by atoms with Crippen LogP contribution in [-0.4, -0.2) is 41.3 Å². The number of fused-ring (bicyclic) bond motifs is 2. The van der Waals surface area contributed by atoms with Gasteiger partial charge in [-0.3, -0.25) is 9.59 Å². The molecule has 4 rings (SSSR count). The fraction of sp³-hybridized carbons (Fsp3) is 0.350. The summed E-state index contributed by atoms with van der Waals surface area (Å²) in [6.45, 7) is 3.48. The van der Waals surface area contributed by atoms with Gasteiger partial charge in [0.2, 0.25) is 5.91 Å². The Kier molecular flexibility index (Phi) is 4.30. The standard InChI is InChI=1S/C20H21ClN4O2/c1-13(26)25-12-20(16-10-15(21)3-4-17(16)25)6-8-24(9-7-20)19(27)14-2-5-18(22)23-11-14/h2-5,10-11H,6-9,12H2,1H3,(H2,22,23). The van der Waals surface area contributed by atoms with Crippen LogP contribution in [0.4, 0.5) is 11.5 Å². The third-order valence-corrected chi connectivity index (χ3v) is 5.94. The van der Waals surface area contributed by atoms with Crippen LogP contribution in [0.15, 0.2) is 36.5 Å². The number of nitrogens with zero attached hydrogens (tertiary/aromatic N) is 3. The van der Waals surface area contributed by atoms with Gasteiger partial charge in [0.05, 0.1) is 5.56 Å². The Labute approximate surface area is 162 Å². The van der Waals surface area contributed by atoms with E-state index in [0.717, 1.165) is 24.1 Å². The minimum atomic E-state index is -0.151. The highest BCUT2D eigenvalue weighted by Gasteiger charge is 2.46. The summed E-state index contributed by atoms with van der Waals surface area (Å²) < 4.78 is 0. The van der Waals surface area contributed by atoms with Gasteiger partial charge in [-0.15, -0.1) is 0 Å². The van der Waals surface area contributed by atoms with Crippen molar-refractivity contribution < 1.29 is 9.59 Å². The third-order valence-electron chi connectivity index (χ3n) is 5.70. The number of likely N-dealkylation sites (tertiary alicyclic amines) is 1. The molecular weight excluding hydrogens is 364 g/mol. The van der Waals surface area contributed by atoms with E-state index in [1.54, 1.807) is 19.1 Å². The SMILES string of the molecule is CC(=O)N1CC2(CCN(C(=O)c3ccc(N)nc3)CC2)c2cc(Cl)ccc21. The van der Waals surface area contributed by atoms with Crippen LogP contribution < -0.4 is 10.6 Å². The number of carbonyl (C=O) groups excluding carboxylic acids is 2. The number of amides is 2. The Morgan fingerprint density at radius 3 is 2.56 bits per heavy atom. The smallest absolute Gasteiger partial charge is 0.255 e. The Bertz CT molecular complexity index is 905. The summed E-state index contributed by atoms with van der Waals surface area (Å²) in [5.74, 6) is 0.389. The van der Waals surface area contributed by atoms with E-state index in [4.69, 9.17) is 17.3 Å². The van der Waals surface area contributed by atoms with E-state index < -0.39 is 0 Å². The van der Waals surface area contributed by atoms with Gasteiger partial charge in [-0.2, -0.15) is 0 Å². The summed E-state index contributed by atoms with van der Waals surface area (Å²) in [6, 6.07) is 9.06. The molecule has 2 aliphatic heterocycles. The second kappa shape index (κ2) is 6.53. The number of piperidine rings is 1. The van der Waals surface area contributed by atoms with Crippen LogP contribution in [0, 0.1) is 0 Å². The number of pyridine rings is 1. The number of hydrogen-bond acceptors (Lipinski definition) is 4. The van der Waals surface area contributed by atoms with E-state index in [2.05, 4.69) is 4.98 Å². The average Bonchev–Trinajstić information content (AvgIpc) is 2.96. The Balaban J connectivity index is 1.56. The summed E-state index contributed by atoms with van der Waals surface area (Å²) in [4.78, 5) is 32.5. The number of hydrogen-bond donors (Lipinski definition) is 1. The molecule has 0 atom stereocenters. The highest BCUT2D eigenvalue weighted by atomic mass is 35.5. The zero-order valence-corrected chi connectivity index (χ0v) is 15.9. The molecule has 1 saturated heterocycles. The fourth-order valence-corrected chi connectivity index (χ4v) is 4.37. The van der Waals surface area contributed by atoms with Crippen molar-refractivity contribution in [2.75, 3.05) is 30.3 Å². The van der Waals surface area contributed by atoms with Crippen molar-refractivity contribution in [3.63, 3.8) is 0 Å². The topological polar surface area (TPSA) is 79.5 Å². The van der Waals surface area contributed by atoms with Crippen molar-refractivity contribution >= 4 is 34.9 Å². The van der Waals surface area contributed by atoms with Gasteiger partial charge >= 0.3 is 0 Å². The molecule has 6 nitrogen and oxygen atoms in total. The lowest BCUT2D eigenvalue weighted by molar-refractivity contribution is -0.116. The van der Waals surface area contributed by atoms with Gasteiger partial charge in [0, 0.05) is 48.9 Å². The van der Waals surface area contributed by atoms with E-state index in [-0.39, 0.29) is 17.2 Å². The van der Waals surface area contributed by atoms with Crippen LogP contribution in [0.5, 0.6) is 0 Å². The summed E-state index contributed by atoms with van der Waals surface area (Å²) >= 11 is 6.24. The largest absolute Gasteiger partial charge is 0.384 e. The number of carbonyl (C=O) groups is 2. The highest BCUT2D eigenvalue weighted by molar-refractivity contribution is 6.30. The third kappa shape index (κ3) is 3.04. The molecule has 0 bridgehead atoms. The molecule has 2 amide bonds. The van der Waals surface area contributed by atoms with E-state index in [0.29, 0.717) is 36.0 Å². The lowest BCUT2D eigenvalue weighted by Crippen LogP contribution is -2.47. The maximum Gasteiger partial charge on any atom is 0.255 e. The molecular formula is C20H21ClN4O2. The average molecular weight is 385 g/mol. The number of halogens is 1. The molecule has 2 N–H and O–H groups in total. The first-order valence-corrected chi connectivity index (χ1v) is 9.36. The van der Waals surface area contributed by atoms with Crippen LogP contribution in [0.3, 0.4) is 0 Å². The molecule has 1 aromatic carbocycles. The van der Waals surface area contributed by atoms with E-state index in [9.17, 15) is 9.59 Å². The van der Waals surface area contributed by atoms with Crippen molar-refractivity contribution in [2.45, 2.75) is 25.2 Å². The number of anilines is 2. The summed E-state index contributed by atoms with van der Waals surface area (Å²) in [5, 5.41) is 0.671. The van der Waals surface area contributed by atoms with E-state index in [1.807, 2.05) is 28.0 Å².